The van der Waals surface area contributed by atoms with E-state index in [1.165, 1.54) is 17.4 Å². The highest BCUT2D eigenvalue weighted by molar-refractivity contribution is 7.54. The molecule has 0 radical (unpaired) electrons. The van der Waals surface area contributed by atoms with Crippen molar-refractivity contribution in [3.8, 4) is 0 Å². The molecule has 0 saturated heterocycles. The van der Waals surface area contributed by atoms with Gasteiger partial charge in [-0.25, -0.2) is 0 Å². The zero-order chi connectivity index (χ0) is 22.8. The second-order valence-corrected chi connectivity index (χ2v) is 11.2. The fourth-order valence-electron chi connectivity index (χ4n) is 3.39. The Kier molecular flexibility index (Phi) is 7.32. The summed E-state index contributed by atoms with van der Waals surface area (Å²) in [6.45, 7) is 7.07. The molecule has 2 aromatic carbocycles. The normalized spacial score (nSPS) is 14.0. The van der Waals surface area contributed by atoms with Crippen molar-refractivity contribution in [3.63, 3.8) is 0 Å². The minimum Gasteiger partial charge on any atom is -0.305 e. The van der Waals surface area contributed by atoms with E-state index >= 15 is 0 Å². The highest BCUT2D eigenvalue weighted by Gasteiger charge is 2.40. The second-order valence-electron chi connectivity index (χ2n) is 7.95. The van der Waals surface area contributed by atoms with Crippen LogP contribution in [0.25, 0.3) is 10.1 Å². The van der Waals surface area contributed by atoms with Gasteiger partial charge in [-0.15, -0.1) is 11.3 Å². The summed E-state index contributed by atoms with van der Waals surface area (Å²) in [4.78, 5) is 0.767. The first-order valence-electron chi connectivity index (χ1n) is 10.1. The number of fused-ring (bicyclic) bond motifs is 1. The van der Waals surface area contributed by atoms with Gasteiger partial charge in [0, 0.05) is 9.58 Å². The van der Waals surface area contributed by atoms with Crippen molar-refractivity contribution in [2.45, 2.75) is 58.2 Å². The predicted molar refractivity (Wildman–Crippen MR) is 120 cm³/mol. The third-order valence-corrected chi connectivity index (χ3v) is 8.61. The zero-order valence-corrected chi connectivity index (χ0v) is 19.6. The van der Waals surface area contributed by atoms with Crippen LogP contribution in [0.5, 0.6) is 0 Å². The number of benzene rings is 2. The smallest absolute Gasteiger partial charge is 0.305 e. The van der Waals surface area contributed by atoms with Crippen molar-refractivity contribution in [2.24, 2.45) is 0 Å². The Labute approximate surface area is 184 Å². The lowest BCUT2D eigenvalue weighted by atomic mass is 10.0. The maximum atomic E-state index is 14.0. The number of hydrogen-bond donors (Lipinski definition) is 0. The molecule has 3 rings (SSSR count). The van der Waals surface area contributed by atoms with Crippen molar-refractivity contribution in [1.82, 2.24) is 0 Å². The quantitative estimate of drug-likeness (QED) is 0.311. The van der Waals surface area contributed by atoms with Gasteiger partial charge in [-0.1, -0.05) is 36.4 Å². The molecule has 3 aromatic rings. The third kappa shape index (κ3) is 5.98. The Morgan fingerprint density at radius 3 is 2.16 bits per heavy atom. The highest BCUT2D eigenvalue weighted by atomic mass is 32.1. The lowest BCUT2D eigenvalue weighted by molar-refractivity contribution is -0.137. The lowest BCUT2D eigenvalue weighted by Gasteiger charge is -2.29. The molecule has 1 heterocycles. The van der Waals surface area contributed by atoms with Gasteiger partial charge in [-0.2, -0.15) is 13.2 Å². The molecule has 0 aliphatic carbocycles. The van der Waals surface area contributed by atoms with Crippen LogP contribution >= 0.6 is 18.9 Å². The topological polar surface area (TPSA) is 35.5 Å². The molecule has 0 N–H and O–H groups in total. The molecule has 0 aliphatic heterocycles. The van der Waals surface area contributed by atoms with Crippen molar-refractivity contribution >= 4 is 29.0 Å². The minimum absolute atomic E-state index is 0.105. The summed E-state index contributed by atoms with van der Waals surface area (Å²) in [5.74, 6) is 0. The molecular weight excluding hydrogens is 444 g/mol. The monoisotopic (exact) mass is 470 g/mol. The molecule has 0 saturated carbocycles. The van der Waals surface area contributed by atoms with Gasteiger partial charge in [0.05, 0.1) is 23.4 Å². The molecule has 8 heteroatoms. The molecule has 1 atom stereocenters. The van der Waals surface area contributed by atoms with Crippen LogP contribution in [-0.4, -0.2) is 12.2 Å². The van der Waals surface area contributed by atoms with Crippen molar-refractivity contribution in [3.05, 3.63) is 70.6 Å². The summed E-state index contributed by atoms with van der Waals surface area (Å²) in [7, 11) is -3.71. The standard InChI is InChI=1S/C23H26F3O3PS/c1-15(2)28-30(27,29-16(3)4)20(22-14-18-9-5-6-11-21(18)31-22)13-17-8-7-10-19(12-17)23(24,25)26/h5-12,14-16,20H,13H2,1-4H3. The van der Waals surface area contributed by atoms with Crippen LogP contribution in [0, 0.1) is 0 Å². The Balaban J connectivity index is 2.10. The van der Waals surface area contributed by atoms with Gasteiger partial charge in [0.1, 0.15) is 0 Å². The van der Waals surface area contributed by atoms with E-state index in [2.05, 4.69) is 0 Å². The Morgan fingerprint density at radius 1 is 0.935 bits per heavy atom. The highest BCUT2D eigenvalue weighted by Crippen LogP contribution is 2.64. The van der Waals surface area contributed by atoms with E-state index in [-0.39, 0.29) is 18.6 Å². The molecule has 0 fully saturated rings. The number of halogens is 3. The van der Waals surface area contributed by atoms with Crippen LogP contribution in [0.2, 0.25) is 0 Å². The molecule has 0 spiro atoms. The Hall–Kier alpha value is -1.66. The van der Waals surface area contributed by atoms with E-state index in [1.807, 2.05) is 30.3 Å². The van der Waals surface area contributed by atoms with Gasteiger partial charge in [0.25, 0.3) is 0 Å². The first-order valence-corrected chi connectivity index (χ1v) is 12.5. The summed E-state index contributed by atoms with van der Waals surface area (Å²) in [5, 5.41) is 0.984. The van der Waals surface area contributed by atoms with Gasteiger partial charge < -0.3 is 9.05 Å². The summed E-state index contributed by atoms with van der Waals surface area (Å²) in [6.07, 6.45) is -5.09. The fourth-order valence-corrected chi connectivity index (χ4v) is 7.33. The second kappa shape index (κ2) is 9.45. The third-order valence-electron chi connectivity index (χ3n) is 4.55. The number of alkyl halides is 3. The average molecular weight is 470 g/mol. The first kappa shape index (κ1) is 24.0. The molecular formula is C23H26F3O3PS. The minimum atomic E-state index is -4.45. The molecule has 3 nitrogen and oxygen atoms in total. The summed E-state index contributed by atoms with van der Waals surface area (Å²) >= 11 is 1.46. The van der Waals surface area contributed by atoms with E-state index in [1.54, 1.807) is 33.8 Å². The number of hydrogen-bond acceptors (Lipinski definition) is 4. The van der Waals surface area contributed by atoms with Gasteiger partial charge in [-0.05, 0) is 63.3 Å². The van der Waals surface area contributed by atoms with E-state index in [4.69, 9.17) is 9.05 Å². The number of rotatable bonds is 8. The van der Waals surface area contributed by atoms with Gasteiger partial charge in [0.2, 0.25) is 0 Å². The first-order chi connectivity index (χ1) is 14.5. The van der Waals surface area contributed by atoms with E-state index in [0.29, 0.717) is 5.56 Å². The molecule has 1 aromatic heterocycles. The lowest BCUT2D eigenvalue weighted by Crippen LogP contribution is -2.15. The van der Waals surface area contributed by atoms with Crippen molar-refractivity contribution in [2.75, 3.05) is 0 Å². The van der Waals surface area contributed by atoms with Crippen molar-refractivity contribution in [1.29, 1.82) is 0 Å². The van der Waals surface area contributed by atoms with Crippen LogP contribution < -0.4 is 0 Å². The van der Waals surface area contributed by atoms with E-state index in [0.717, 1.165) is 27.1 Å². The molecule has 1 unspecified atom stereocenters. The molecule has 31 heavy (non-hydrogen) atoms. The molecule has 0 amide bonds. The summed E-state index contributed by atoms with van der Waals surface area (Å²) < 4.78 is 66.5. The Morgan fingerprint density at radius 2 is 1.58 bits per heavy atom. The Bertz CT molecular complexity index is 1030. The van der Waals surface area contributed by atoms with Crippen LogP contribution in [0.3, 0.4) is 0 Å². The molecule has 0 bridgehead atoms. The summed E-state index contributed by atoms with van der Waals surface area (Å²) in [5.41, 5.74) is -1.03. The molecule has 0 aliphatic rings. The average Bonchev–Trinajstić information content (AvgIpc) is 3.07. The SMILES string of the molecule is CC(C)OP(=O)(OC(C)C)C(Cc1cccc(C(F)(F)F)c1)c1cc2ccccc2s1. The van der Waals surface area contributed by atoms with E-state index < -0.39 is 25.0 Å². The number of thiophene rings is 1. The molecule has 168 valence electrons. The van der Waals surface area contributed by atoms with Crippen LogP contribution in [-0.2, 0) is 26.2 Å². The van der Waals surface area contributed by atoms with Crippen LogP contribution in [0.4, 0.5) is 13.2 Å². The zero-order valence-electron chi connectivity index (χ0n) is 17.8. The van der Waals surface area contributed by atoms with Gasteiger partial charge in [-0.3, -0.25) is 4.57 Å². The van der Waals surface area contributed by atoms with Crippen LogP contribution in [0.15, 0.2) is 54.6 Å². The maximum Gasteiger partial charge on any atom is 0.416 e. The van der Waals surface area contributed by atoms with Gasteiger partial charge >= 0.3 is 13.8 Å². The maximum absolute atomic E-state index is 14.0. The largest absolute Gasteiger partial charge is 0.416 e. The van der Waals surface area contributed by atoms with Crippen LogP contribution in [0.1, 0.15) is 49.4 Å². The fraction of sp³-hybridized carbons (Fsp3) is 0.391. The van der Waals surface area contributed by atoms with E-state index in [9.17, 15) is 17.7 Å². The van der Waals surface area contributed by atoms with Crippen molar-refractivity contribution < 1.29 is 26.8 Å². The van der Waals surface area contributed by atoms with Gasteiger partial charge in [0.15, 0.2) is 0 Å². The summed E-state index contributed by atoms with van der Waals surface area (Å²) in [6, 6.07) is 14.8. The predicted octanol–water partition coefficient (Wildman–Crippen LogP) is 8.25.